The summed E-state index contributed by atoms with van der Waals surface area (Å²) < 4.78 is 0. The number of aliphatic hydroxyl groups excluding tert-OH is 1. The van der Waals surface area contributed by atoms with Gasteiger partial charge in [0, 0.05) is 11.3 Å². The zero-order valence-electron chi connectivity index (χ0n) is 13.4. The van der Waals surface area contributed by atoms with Crippen molar-refractivity contribution < 1.29 is 5.11 Å². The maximum absolute atomic E-state index is 9.67. The first-order valence-electron chi connectivity index (χ1n) is 7.86. The maximum Gasteiger partial charge on any atom is 0.133 e. The molecule has 0 amide bonds. The van der Waals surface area contributed by atoms with E-state index in [0.29, 0.717) is 5.92 Å². The van der Waals surface area contributed by atoms with E-state index in [4.69, 9.17) is 0 Å². The topological polar surface area (TPSA) is 58.0 Å². The summed E-state index contributed by atoms with van der Waals surface area (Å²) in [6.45, 7) is 5.98. The van der Waals surface area contributed by atoms with Crippen LogP contribution in [0.1, 0.15) is 41.5 Å². The second-order valence-electron chi connectivity index (χ2n) is 6.25. The zero-order chi connectivity index (χ0) is 15.7. The molecule has 2 aromatic rings. The Morgan fingerprint density at radius 3 is 2.41 bits per heavy atom. The maximum atomic E-state index is 9.67. The van der Waals surface area contributed by atoms with Crippen molar-refractivity contribution >= 4 is 5.82 Å². The van der Waals surface area contributed by atoms with Crippen LogP contribution in [0.2, 0.25) is 0 Å². The van der Waals surface area contributed by atoms with Gasteiger partial charge in [-0.3, -0.25) is 0 Å². The van der Waals surface area contributed by atoms with E-state index in [-0.39, 0.29) is 12.1 Å². The number of nitrogens with one attached hydrogen (secondary N) is 1. The summed E-state index contributed by atoms with van der Waals surface area (Å²) in [6.07, 6.45) is 1.52. The summed E-state index contributed by atoms with van der Waals surface area (Å²) in [5.74, 6) is 2.12. The fourth-order valence-corrected chi connectivity index (χ4v) is 3.09. The van der Waals surface area contributed by atoms with Crippen LogP contribution in [0.5, 0.6) is 0 Å². The van der Waals surface area contributed by atoms with Crippen molar-refractivity contribution in [1.82, 2.24) is 9.97 Å². The molecule has 1 aliphatic carbocycles. The predicted octanol–water partition coefficient (Wildman–Crippen LogP) is 3.33. The Labute approximate surface area is 131 Å². The largest absolute Gasteiger partial charge is 0.393 e. The number of anilines is 1. The Balaban J connectivity index is 1.91. The van der Waals surface area contributed by atoms with E-state index in [0.717, 1.165) is 35.7 Å². The fourth-order valence-electron chi connectivity index (χ4n) is 3.09. The minimum atomic E-state index is -0.159. The molecule has 0 spiro atoms. The summed E-state index contributed by atoms with van der Waals surface area (Å²) in [6, 6.07) is 10.6. The van der Waals surface area contributed by atoms with Gasteiger partial charge in [-0.05, 0) is 45.1 Å². The third kappa shape index (κ3) is 2.97. The lowest BCUT2D eigenvalue weighted by Crippen LogP contribution is -2.36. The Kier molecular flexibility index (Phi) is 4.12. The van der Waals surface area contributed by atoms with Crippen LogP contribution in [0.3, 0.4) is 0 Å². The molecule has 0 aliphatic heterocycles. The Morgan fingerprint density at radius 2 is 1.77 bits per heavy atom. The highest BCUT2D eigenvalue weighted by atomic mass is 16.3. The average molecular weight is 297 g/mol. The normalized spacial score (nSPS) is 22.0. The van der Waals surface area contributed by atoms with Crippen molar-refractivity contribution in [1.29, 1.82) is 0 Å². The van der Waals surface area contributed by atoms with E-state index in [9.17, 15) is 5.11 Å². The van der Waals surface area contributed by atoms with Crippen molar-refractivity contribution in [2.24, 2.45) is 5.92 Å². The Morgan fingerprint density at radius 1 is 1.09 bits per heavy atom. The Hall–Kier alpha value is -1.94. The average Bonchev–Trinajstić information content (AvgIpc) is 2.47. The van der Waals surface area contributed by atoms with Gasteiger partial charge in [-0.2, -0.15) is 0 Å². The lowest BCUT2D eigenvalue weighted by Gasteiger charge is -2.38. The summed E-state index contributed by atoms with van der Waals surface area (Å²) in [5.41, 5.74) is 3.34. The van der Waals surface area contributed by atoms with Gasteiger partial charge in [0.15, 0.2) is 0 Å². The lowest BCUT2D eigenvalue weighted by molar-refractivity contribution is 0.0339. The molecule has 4 heteroatoms. The van der Waals surface area contributed by atoms with Crippen LogP contribution in [0.15, 0.2) is 30.3 Å². The molecule has 1 aromatic heterocycles. The van der Waals surface area contributed by atoms with E-state index in [1.807, 2.05) is 19.9 Å². The predicted molar refractivity (Wildman–Crippen MR) is 87.8 cm³/mol. The molecule has 1 atom stereocenters. The number of nitrogens with zero attached hydrogens (tertiary/aromatic N) is 2. The lowest BCUT2D eigenvalue weighted by atomic mass is 9.75. The third-order valence-electron chi connectivity index (χ3n) is 4.57. The molecule has 1 saturated carbocycles. The second kappa shape index (κ2) is 6.05. The van der Waals surface area contributed by atoms with Gasteiger partial charge in [0.2, 0.25) is 0 Å². The minimum Gasteiger partial charge on any atom is -0.393 e. The minimum absolute atomic E-state index is 0.159. The number of hydrogen-bond donors (Lipinski definition) is 2. The molecule has 1 fully saturated rings. The Bertz CT molecular complexity index is 651. The molecule has 4 nitrogen and oxygen atoms in total. The van der Waals surface area contributed by atoms with E-state index in [2.05, 4.69) is 46.5 Å². The molecule has 0 saturated heterocycles. The highest BCUT2D eigenvalue weighted by molar-refractivity contribution is 5.48. The zero-order valence-corrected chi connectivity index (χ0v) is 13.4. The summed E-state index contributed by atoms with van der Waals surface area (Å²) in [5, 5.41) is 13.3. The monoisotopic (exact) mass is 297 g/mol. The molecule has 2 N–H and O–H groups in total. The fraction of sp³-hybridized carbons (Fsp3) is 0.444. The number of aryl methyl sites for hydroxylation is 2. The third-order valence-corrected chi connectivity index (χ3v) is 4.57. The molecule has 1 unspecified atom stereocenters. The highest BCUT2D eigenvalue weighted by Gasteiger charge is 2.35. The van der Waals surface area contributed by atoms with Gasteiger partial charge in [-0.15, -0.1) is 0 Å². The van der Waals surface area contributed by atoms with Gasteiger partial charge in [-0.1, -0.05) is 30.3 Å². The van der Waals surface area contributed by atoms with Crippen LogP contribution in [-0.2, 0) is 0 Å². The molecule has 0 bridgehead atoms. The van der Waals surface area contributed by atoms with Gasteiger partial charge in [0.1, 0.15) is 11.6 Å². The van der Waals surface area contributed by atoms with Gasteiger partial charge >= 0.3 is 0 Å². The molecule has 0 radical (unpaired) electrons. The molecule has 1 heterocycles. The van der Waals surface area contributed by atoms with Crippen LogP contribution >= 0.6 is 0 Å². The molecular weight excluding hydrogens is 274 g/mol. The van der Waals surface area contributed by atoms with Crippen LogP contribution in [-0.4, -0.2) is 21.2 Å². The van der Waals surface area contributed by atoms with Crippen LogP contribution in [0.25, 0.3) is 0 Å². The quantitative estimate of drug-likeness (QED) is 0.909. The van der Waals surface area contributed by atoms with Crippen molar-refractivity contribution in [3.8, 4) is 0 Å². The molecule has 3 rings (SSSR count). The van der Waals surface area contributed by atoms with Crippen molar-refractivity contribution in [2.75, 3.05) is 5.32 Å². The first kappa shape index (κ1) is 15.0. The van der Waals surface area contributed by atoms with Crippen LogP contribution in [0, 0.1) is 26.7 Å². The molecule has 116 valence electrons. The van der Waals surface area contributed by atoms with Crippen molar-refractivity contribution in [3.63, 3.8) is 0 Å². The number of rotatable bonds is 4. The van der Waals surface area contributed by atoms with Crippen molar-refractivity contribution in [2.45, 2.75) is 45.8 Å². The molecule has 1 aliphatic rings. The van der Waals surface area contributed by atoms with Crippen LogP contribution in [0.4, 0.5) is 5.82 Å². The standard InChI is InChI=1S/C18H23N3O/c1-11-12(2)19-13(3)20-18(11)21-17(15-9-16(22)10-15)14-7-5-4-6-8-14/h4-8,15-17,22H,9-10H2,1-3H3,(H,19,20,21). The van der Waals surface area contributed by atoms with Gasteiger partial charge in [0.25, 0.3) is 0 Å². The number of aromatic nitrogens is 2. The molecule has 22 heavy (non-hydrogen) atoms. The van der Waals surface area contributed by atoms with E-state index >= 15 is 0 Å². The van der Waals surface area contributed by atoms with Crippen LogP contribution < -0.4 is 5.32 Å². The van der Waals surface area contributed by atoms with Gasteiger partial charge in [-0.25, -0.2) is 9.97 Å². The molecular formula is C18H23N3O. The second-order valence-corrected chi connectivity index (χ2v) is 6.25. The van der Waals surface area contributed by atoms with Crippen molar-refractivity contribution in [3.05, 3.63) is 53.0 Å². The number of hydrogen-bond acceptors (Lipinski definition) is 4. The van der Waals surface area contributed by atoms with E-state index in [1.165, 1.54) is 5.56 Å². The molecule has 1 aromatic carbocycles. The smallest absolute Gasteiger partial charge is 0.133 e. The van der Waals surface area contributed by atoms with Gasteiger partial charge < -0.3 is 10.4 Å². The summed E-state index contributed by atoms with van der Waals surface area (Å²) in [4.78, 5) is 8.99. The first-order chi connectivity index (χ1) is 10.5. The van der Waals surface area contributed by atoms with Gasteiger partial charge in [0.05, 0.1) is 12.1 Å². The van der Waals surface area contributed by atoms with E-state index < -0.39 is 0 Å². The number of benzene rings is 1. The first-order valence-corrected chi connectivity index (χ1v) is 7.86. The number of aliphatic hydroxyl groups is 1. The SMILES string of the molecule is Cc1nc(C)c(C)c(NC(c2ccccc2)C2CC(O)C2)n1. The summed E-state index contributed by atoms with van der Waals surface area (Å²) >= 11 is 0. The summed E-state index contributed by atoms with van der Waals surface area (Å²) in [7, 11) is 0. The highest BCUT2D eigenvalue weighted by Crippen LogP contribution is 2.40. The van der Waals surface area contributed by atoms with E-state index in [1.54, 1.807) is 0 Å².